The average molecular weight is 570 g/mol. The number of sulfonamides is 1. The molecule has 2 aliphatic rings. The molecule has 9 nitrogen and oxygen atoms in total. The van der Waals surface area contributed by atoms with E-state index in [9.17, 15) is 23.1 Å². The second-order valence-electron chi connectivity index (χ2n) is 11.5. The SMILES string of the molecule is CN(C)S(=O)(=O)c1cccc(/C(O)=C2\C(=O)C(=O)N(CCCN3CCOCC3)C2c2ccc(C(C)(C)C)cc2)c1. The summed E-state index contributed by atoms with van der Waals surface area (Å²) in [5.74, 6) is -1.85. The molecular weight excluding hydrogens is 530 g/mol. The average Bonchev–Trinajstić information content (AvgIpc) is 3.18. The van der Waals surface area contributed by atoms with E-state index in [1.165, 1.54) is 43.3 Å². The Bertz CT molecular complexity index is 1390. The Morgan fingerprint density at radius 2 is 1.68 bits per heavy atom. The van der Waals surface area contributed by atoms with Crippen LogP contribution in [0, 0.1) is 0 Å². The van der Waals surface area contributed by atoms with Crippen molar-refractivity contribution in [3.63, 3.8) is 0 Å². The summed E-state index contributed by atoms with van der Waals surface area (Å²) in [6.07, 6.45) is 0.653. The lowest BCUT2D eigenvalue weighted by Gasteiger charge is -2.29. The monoisotopic (exact) mass is 569 g/mol. The summed E-state index contributed by atoms with van der Waals surface area (Å²) in [6.45, 7) is 10.4. The number of hydrogen-bond donors (Lipinski definition) is 1. The molecule has 2 aromatic rings. The van der Waals surface area contributed by atoms with Crippen molar-refractivity contribution in [3.8, 4) is 0 Å². The van der Waals surface area contributed by atoms with Gasteiger partial charge in [-0.05, 0) is 35.1 Å². The maximum Gasteiger partial charge on any atom is 0.295 e. The zero-order valence-electron chi connectivity index (χ0n) is 23.9. The van der Waals surface area contributed by atoms with E-state index < -0.39 is 33.5 Å². The normalized spacial score (nSPS) is 20.4. The first-order chi connectivity index (χ1) is 18.8. The van der Waals surface area contributed by atoms with Gasteiger partial charge in [-0.15, -0.1) is 0 Å². The lowest BCUT2D eigenvalue weighted by molar-refractivity contribution is -0.140. The highest BCUT2D eigenvalue weighted by molar-refractivity contribution is 7.89. The maximum atomic E-state index is 13.4. The number of morpholine rings is 1. The highest BCUT2D eigenvalue weighted by Crippen LogP contribution is 2.40. The first-order valence-corrected chi connectivity index (χ1v) is 15.0. The van der Waals surface area contributed by atoms with Gasteiger partial charge >= 0.3 is 0 Å². The number of carbonyl (C=O) groups excluding carboxylic acids is 2. The van der Waals surface area contributed by atoms with E-state index >= 15 is 0 Å². The summed E-state index contributed by atoms with van der Waals surface area (Å²) in [5.41, 5.74) is 1.83. The molecule has 1 amide bonds. The molecule has 1 unspecified atom stereocenters. The quantitative estimate of drug-likeness (QED) is 0.295. The van der Waals surface area contributed by atoms with Crippen molar-refractivity contribution in [2.24, 2.45) is 0 Å². The van der Waals surface area contributed by atoms with Crippen LogP contribution in [0.25, 0.3) is 5.76 Å². The van der Waals surface area contributed by atoms with Crippen LogP contribution in [-0.4, -0.2) is 92.8 Å². The third-order valence-corrected chi connectivity index (χ3v) is 9.31. The second kappa shape index (κ2) is 11.8. The molecule has 0 aliphatic carbocycles. The minimum absolute atomic E-state index is 0.0210. The van der Waals surface area contributed by atoms with Gasteiger partial charge in [-0.25, -0.2) is 12.7 Å². The van der Waals surface area contributed by atoms with Crippen LogP contribution in [0.5, 0.6) is 0 Å². The lowest BCUT2D eigenvalue weighted by atomic mass is 9.85. The van der Waals surface area contributed by atoms with E-state index in [-0.39, 0.29) is 21.4 Å². The van der Waals surface area contributed by atoms with Crippen molar-refractivity contribution in [2.75, 3.05) is 53.5 Å². The Hall–Kier alpha value is -3.05. The molecule has 1 atom stereocenters. The number of likely N-dealkylation sites (tertiary alicyclic amines) is 1. The maximum absolute atomic E-state index is 13.4. The molecule has 1 N–H and O–H groups in total. The third kappa shape index (κ3) is 6.15. The molecular formula is C30H39N3O6S. The highest BCUT2D eigenvalue weighted by Gasteiger charge is 2.46. The van der Waals surface area contributed by atoms with Crippen molar-refractivity contribution >= 4 is 27.5 Å². The topological polar surface area (TPSA) is 107 Å². The number of ketones is 1. The zero-order valence-corrected chi connectivity index (χ0v) is 24.7. The van der Waals surface area contributed by atoms with E-state index in [1.54, 1.807) is 0 Å². The highest BCUT2D eigenvalue weighted by atomic mass is 32.2. The van der Waals surface area contributed by atoms with E-state index in [4.69, 9.17) is 4.74 Å². The first-order valence-electron chi connectivity index (χ1n) is 13.5. The molecule has 10 heteroatoms. The molecule has 4 rings (SSSR count). The summed E-state index contributed by atoms with van der Waals surface area (Å²) in [6, 6.07) is 12.8. The number of aliphatic hydroxyl groups is 1. The fourth-order valence-corrected chi connectivity index (χ4v) is 6.03. The molecule has 0 saturated carbocycles. The largest absolute Gasteiger partial charge is 0.507 e. The Kier molecular flexibility index (Phi) is 8.84. The fraction of sp³-hybridized carbons (Fsp3) is 0.467. The number of ether oxygens (including phenoxy) is 1. The minimum atomic E-state index is -3.77. The number of benzene rings is 2. The fourth-order valence-electron chi connectivity index (χ4n) is 5.08. The molecule has 0 spiro atoms. The molecule has 2 saturated heterocycles. The van der Waals surface area contributed by atoms with Gasteiger partial charge in [-0.2, -0.15) is 0 Å². The van der Waals surface area contributed by atoms with E-state index in [0.717, 1.165) is 29.5 Å². The number of amides is 1. The Morgan fingerprint density at radius 1 is 1.02 bits per heavy atom. The van der Waals surface area contributed by atoms with E-state index in [1.807, 2.05) is 24.3 Å². The van der Waals surface area contributed by atoms with Gasteiger partial charge < -0.3 is 14.7 Å². The van der Waals surface area contributed by atoms with Gasteiger partial charge in [0.05, 0.1) is 29.7 Å². The van der Waals surface area contributed by atoms with Crippen molar-refractivity contribution in [2.45, 2.75) is 43.5 Å². The van der Waals surface area contributed by atoms with Crippen molar-refractivity contribution in [1.82, 2.24) is 14.1 Å². The molecule has 2 aliphatic heterocycles. The molecule has 2 fully saturated rings. The lowest BCUT2D eigenvalue weighted by Crippen LogP contribution is -2.39. The minimum Gasteiger partial charge on any atom is -0.507 e. The second-order valence-corrected chi connectivity index (χ2v) is 13.6. The number of aliphatic hydroxyl groups excluding tert-OH is 1. The van der Waals surface area contributed by atoms with Gasteiger partial charge in [0, 0.05) is 45.8 Å². The van der Waals surface area contributed by atoms with Crippen LogP contribution in [0.1, 0.15) is 49.9 Å². The molecule has 0 aromatic heterocycles. The van der Waals surface area contributed by atoms with Crippen molar-refractivity contribution in [1.29, 1.82) is 0 Å². The summed E-state index contributed by atoms with van der Waals surface area (Å²) in [7, 11) is -0.931. The predicted octanol–water partition coefficient (Wildman–Crippen LogP) is 3.38. The van der Waals surface area contributed by atoms with E-state index in [2.05, 4.69) is 25.7 Å². The van der Waals surface area contributed by atoms with Crippen LogP contribution in [0.3, 0.4) is 0 Å². The van der Waals surface area contributed by atoms with Crippen molar-refractivity contribution < 1.29 is 27.9 Å². The molecule has 0 bridgehead atoms. The molecule has 0 radical (unpaired) electrons. The Morgan fingerprint density at radius 3 is 2.27 bits per heavy atom. The van der Waals surface area contributed by atoms with Gasteiger partial charge in [0.15, 0.2) is 0 Å². The van der Waals surface area contributed by atoms with Crippen LogP contribution >= 0.6 is 0 Å². The molecule has 40 heavy (non-hydrogen) atoms. The van der Waals surface area contributed by atoms with Crippen LogP contribution in [0.15, 0.2) is 59.0 Å². The standard InChI is InChI=1S/C30H39N3O6S/c1-30(2,3)23-12-10-21(11-13-23)26-25(27(34)22-8-6-9-24(20-22)40(37,38)31(4)5)28(35)29(36)33(26)15-7-14-32-16-18-39-19-17-32/h6,8-13,20,26,34H,7,14-19H2,1-5H3/b27-25+. The van der Waals surface area contributed by atoms with Gasteiger partial charge in [-0.3, -0.25) is 14.5 Å². The van der Waals surface area contributed by atoms with Crippen molar-refractivity contribution in [3.05, 3.63) is 70.8 Å². The van der Waals surface area contributed by atoms with Crippen LogP contribution < -0.4 is 0 Å². The summed E-state index contributed by atoms with van der Waals surface area (Å²) >= 11 is 0. The number of rotatable bonds is 8. The Labute approximate surface area is 237 Å². The van der Waals surface area contributed by atoms with Gasteiger partial charge in [0.2, 0.25) is 10.0 Å². The van der Waals surface area contributed by atoms with Gasteiger partial charge in [0.1, 0.15) is 5.76 Å². The van der Waals surface area contributed by atoms with Crippen LogP contribution in [0.2, 0.25) is 0 Å². The van der Waals surface area contributed by atoms with Crippen LogP contribution in [-0.2, 0) is 29.8 Å². The zero-order chi connectivity index (χ0) is 29.2. The first kappa shape index (κ1) is 29.9. The Balaban J connectivity index is 1.75. The number of carbonyl (C=O) groups is 2. The number of hydrogen-bond acceptors (Lipinski definition) is 7. The van der Waals surface area contributed by atoms with Crippen LogP contribution in [0.4, 0.5) is 0 Å². The van der Waals surface area contributed by atoms with Gasteiger partial charge in [0.25, 0.3) is 11.7 Å². The number of nitrogens with zero attached hydrogens (tertiary/aromatic N) is 3. The smallest absolute Gasteiger partial charge is 0.295 e. The predicted molar refractivity (Wildman–Crippen MR) is 153 cm³/mol. The van der Waals surface area contributed by atoms with Gasteiger partial charge in [-0.1, -0.05) is 57.2 Å². The summed E-state index contributed by atoms with van der Waals surface area (Å²) in [5, 5.41) is 11.4. The van der Waals surface area contributed by atoms with E-state index in [0.29, 0.717) is 31.7 Å². The summed E-state index contributed by atoms with van der Waals surface area (Å²) < 4.78 is 32.0. The summed E-state index contributed by atoms with van der Waals surface area (Å²) in [4.78, 5) is 30.6. The third-order valence-electron chi connectivity index (χ3n) is 7.50. The molecule has 216 valence electrons. The molecule has 2 aromatic carbocycles. The number of Topliss-reactive ketones (excluding diaryl/α,β-unsaturated/α-hetero) is 1. The molecule has 2 heterocycles.